The topological polar surface area (TPSA) is 38.7 Å². The van der Waals surface area contributed by atoms with Gasteiger partial charge in [-0.3, -0.25) is 0 Å². The van der Waals surface area contributed by atoms with E-state index in [1.54, 1.807) is 0 Å². The molecule has 3 heteroatoms. The fraction of sp³-hybridized carbons (Fsp3) is 0. The van der Waals surface area contributed by atoms with E-state index < -0.39 is 0 Å². The highest BCUT2D eigenvalue weighted by atomic mass is 15.0. The van der Waals surface area contributed by atoms with E-state index in [-0.39, 0.29) is 0 Å². The Bertz CT molecular complexity index is 2630. The molecule has 264 valence electrons. The first-order chi connectivity index (χ1) is 27.8. The summed E-state index contributed by atoms with van der Waals surface area (Å²) in [5.74, 6) is 1.95. The maximum absolute atomic E-state index is 4.91. The summed E-state index contributed by atoms with van der Waals surface area (Å²) in [5.41, 5.74) is 14.5. The lowest BCUT2D eigenvalue weighted by atomic mass is 9.85. The van der Waals surface area contributed by atoms with E-state index in [2.05, 4.69) is 164 Å². The quantitative estimate of drug-likeness (QED) is 0.140. The molecule has 0 unspecified atom stereocenters. The molecule has 8 aromatic carbocycles. The second-order valence-electron chi connectivity index (χ2n) is 13.6. The predicted molar refractivity (Wildman–Crippen MR) is 231 cm³/mol. The number of hydrogen-bond donors (Lipinski definition) is 0. The molecule has 56 heavy (non-hydrogen) atoms. The molecular weight excluding hydrogens is 679 g/mol. The lowest BCUT2D eigenvalue weighted by molar-refractivity contribution is 1.07. The highest BCUT2D eigenvalue weighted by molar-refractivity contribution is 6.05. The third-order valence-corrected chi connectivity index (χ3v) is 9.98. The molecule has 9 aromatic rings. The highest BCUT2D eigenvalue weighted by Crippen LogP contribution is 2.38. The van der Waals surface area contributed by atoms with Crippen LogP contribution in [0.25, 0.3) is 67.6 Å². The van der Waals surface area contributed by atoms with Gasteiger partial charge in [-0.1, -0.05) is 218 Å². The first-order valence-electron chi connectivity index (χ1n) is 18.9. The fourth-order valence-electron chi connectivity index (χ4n) is 7.18. The summed E-state index contributed by atoms with van der Waals surface area (Å²) in [6.45, 7) is 0. The molecule has 0 spiro atoms. The van der Waals surface area contributed by atoms with E-state index in [0.717, 1.165) is 38.9 Å². The van der Waals surface area contributed by atoms with Gasteiger partial charge in [-0.2, -0.15) is 0 Å². The number of nitrogens with zero attached hydrogens (tertiary/aromatic N) is 3. The van der Waals surface area contributed by atoms with Crippen LogP contribution in [0.3, 0.4) is 0 Å². The molecule has 0 N–H and O–H groups in total. The van der Waals surface area contributed by atoms with Crippen LogP contribution in [0.5, 0.6) is 0 Å². The average molecular weight is 716 g/mol. The maximum atomic E-state index is 4.91. The first kappa shape index (κ1) is 34.3. The van der Waals surface area contributed by atoms with Crippen molar-refractivity contribution in [3.63, 3.8) is 0 Å². The Balaban J connectivity index is 1.05. The van der Waals surface area contributed by atoms with Gasteiger partial charge in [0.25, 0.3) is 0 Å². The van der Waals surface area contributed by atoms with E-state index in [1.807, 2.05) is 60.7 Å². The normalized spacial score (nSPS) is 10.9. The van der Waals surface area contributed by atoms with E-state index in [1.165, 1.54) is 33.4 Å². The molecule has 0 saturated carbocycles. The molecular formula is C53H37N3. The minimum absolute atomic E-state index is 0.645. The zero-order valence-corrected chi connectivity index (χ0v) is 30.7. The minimum atomic E-state index is 0.645. The number of benzene rings is 8. The molecule has 0 saturated heterocycles. The van der Waals surface area contributed by atoms with Crippen molar-refractivity contribution in [2.45, 2.75) is 0 Å². The summed E-state index contributed by atoms with van der Waals surface area (Å²) in [7, 11) is 0. The van der Waals surface area contributed by atoms with Crippen LogP contribution in [0.15, 0.2) is 224 Å². The van der Waals surface area contributed by atoms with Gasteiger partial charge in [0.1, 0.15) is 0 Å². The molecule has 9 rings (SSSR count). The molecule has 0 atom stereocenters. The Kier molecular flexibility index (Phi) is 9.71. The van der Waals surface area contributed by atoms with Crippen LogP contribution >= 0.6 is 0 Å². The minimum Gasteiger partial charge on any atom is -0.208 e. The van der Waals surface area contributed by atoms with Crippen LogP contribution in [0.1, 0.15) is 22.3 Å². The lowest BCUT2D eigenvalue weighted by Gasteiger charge is -2.19. The van der Waals surface area contributed by atoms with Gasteiger partial charge in [0, 0.05) is 16.7 Å². The Morgan fingerprint density at radius 2 is 0.482 bits per heavy atom. The van der Waals surface area contributed by atoms with Gasteiger partial charge >= 0.3 is 0 Å². The first-order valence-corrected chi connectivity index (χ1v) is 18.9. The largest absolute Gasteiger partial charge is 0.208 e. The standard InChI is InChI=1S/C53H37N3/c1-6-17-41(18-7-1)49(42-19-8-2-9-20-42)50(43-21-10-3-11-22-43)48-28-16-27-47(37-48)40-31-29-38(30-32-40)39-33-35-46(36-34-39)53-55-51(44-23-12-4-13-24-44)54-52(56-53)45-25-14-5-15-26-45/h1-37H. The van der Waals surface area contributed by atoms with Gasteiger partial charge in [-0.15, -0.1) is 0 Å². The predicted octanol–water partition coefficient (Wildman–Crippen LogP) is 13.2. The van der Waals surface area contributed by atoms with Gasteiger partial charge in [-0.25, -0.2) is 15.0 Å². The maximum Gasteiger partial charge on any atom is 0.164 e. The smallest absolute Gasteiger partial charge is 0.164 e. The summed E-state index contributed by atoms with van der Waals surface area (Å²) < 4.78 is 0. The molecule has 0 aliphatic heterocycles. The Hall–Kier alpha value is -7.49. The second-order valence-corrected chi connectivity index (χ2v) is 13.6. The molecule has 0 amide bonds. The van der Waals surface area contributed by atoms with E-state index >= 15 is 0 Å². The van der Waals surface area contributed by atoms with Crippen molar-refractivity contribution in [3.05, 3.63) is 247 Å². The van der Waals surface area contributed by atoms with Crippen molar-refractivity contribution < 1.29 is 0 Å². The van der Waals surface area contributed by atoms with Gasteiger partial charge < -0.3 is 0 Å². The van der Waals surface area contributed by atoms with Crippen LogP contribution < -0.4 is 0 Å². The molecule has 0 aliphatic carbocycles. The van der Waals surface area contributed by atoms with E-state index in [9.17, 15) is 0 Å². The van der Waals surface area contributed by atoms with Crippen LogP contribution in [-0.2, 0) is 0 Å². The van der Waals surface area contributed by atoms with E-state index in [0.29, 0.717) is 17.5 Å². The second kappa shape index (κ2) is 15.9. The zero-order valence-electron chi connectivity index (χ0n) is 30.7. The molecule has 1 heterocycles. The lowest BCUT2D eigenvalue weighted by Crippen LogP contribution is -2.00. The van der Waals surface area contributed by atoms with Crippen LogP contribution in [-0.4, -0.2) is 15.0 Å². The molecule has 0 radical (unpaired) electrons. The van der Waals surface area contributed by atoms with Crippen molar-refractivity contribution in [2.24, 2.45) is 0 Å². The van der Waals surface area contributed by atoms with Crippen molar-refractivity contribution in [3.8, 4) is 56.4 Å². The van der Waals surface area contributed by atoms with Gasteiger partial charge in [0.05, 0.1) is 0 Å². The molecule has 3 nitrogen and oxygen atoms in total. The summed E-state index contributed by atoms with van der Waals surface area (Å²) in [6, 6.07) is 78.5. The van der Waals surface area contributed by atoms with Crippen molar-refractivity contribution in [1.82, 2.24) is 15.0 Å². The summed E-state index contributed by atoms with van der Waals surface area (Å²) in [5, 5.41) is 0. The SMILES string of the molecule is c1ccc(C(=C(c2ccccc2)c2cccc(-c3ccc(-c4ccc(-c5nc(-c6ccccc6)nc(-c6ccccc6)n5)cc4)cc3)c2)c2ccccc2)cc1. The Morgan fingerprint density at radius 1 is 0.214 bits per heavy atom. The molecule has 0 bridgehead atoms. The summed E-state index contributed by atoms with van der Waals surface area (Å²) >= 11 is 0. The van der Waals surface area contributed by atoms with Crippen molar-refractivity contribution in [2.75, 3.05) is 0 Å². The van der Waals surface area contributed by atoms with Crippen molar-refractivity contribution in [1.29, 1.82) is 0 Å². The van der Waals surface area contributed by atoms with Gasteiger partial charge in [-0.05, 0) is 61.7 Å². The monoisotopic (exact) mass is 715 g/mol. The van der Waals surface area contributed by atoms with Crippen LogP contribution in [0.4, 0.5) is 0 Å². The Morgan fingerprint density at radius 3 is 0.875 bits per heavy atom. The number of rotatable bonds is 9. The van der Waals surface area contributed by atoms with Crippen LogP contribution in [0, 0.1) is 0 Å². The summed E-state index contributed by atoms with van der Waals surface area (Å²) in [4.78, 5) is 14.7. The number of hydrogen-bond acceptors (Lipinski definition) is 3. The highest BCUT2D eigenvalue weighted by Gasteiger charge is 2.17. The molecule has 0 aliphatic rings. The summed E-state index contributed by atoms with van der Waals surface area (Å²) in [6.07, 6.45) is 0. The third kappa shape index (κ3) is 7.35. The average Bonchev–Trinajstić information content (AvgIpc) is 3.29. The van der Waals surface area contributed by atoms with Gasteiger partial charge in [0.15, 0.2) is 17.5 Å². The fourth-order valence-corrected chi connectivity index (χ4v) is 7.18. The van der Waals surface area contributed by atoms with E-state index in [4.69, 9.17) is 15.0 Å². The third-order valence-electron chi connectivity index (χ3n) is 9.98. The Labute approximate surface area is 328 Å². The zero-order chi connectivity index (χ0) is 37.5. The molecule has 0 fully saturated rings. The number of aromatic nitrogens is 3. The van der Waals surface area contributed by atoms with Crippen LogP contribution in [0.2, 0.25) is 0 Å². The van der Waals surface area contributed by atoms with Crippen molar-refractivity contribution >= 4 is 11.1 Å². The van der Waals surface area contributed by atoms with Gasteiger partial charge in [0.2, 0.25) is 0 Å². The molecule has 1 aromatic heterocycles.